The highest BCUT2D eigenvalue weighted by Crippen LogP contribution is 2.25. The van der Waals surface area contributed by atoms with Gasteiger partial charge in [0.1, 0.15) is 11.5 Å². The summed E-state index contributed by atoms with van der Waals surface area (Å²) in [6, 6.07) is 5.26. The summed E-state index contributed by atoms with van der Waals surface area (Å²) >= 11 is 2.04. The summed E-state index contributed by atoms with van der Waals surface area (Å²) in [6.07, 6.45) is 0. The molecule has 0 aliphatic carbocycles. The van der Waals surface area contributed by atoms with Crippen LogP contribution in [-0.2, 0) is 6.54 Å². The molecule has 1 unspecified atom stereocenters. The number of hydrogen-bond donors (Lipinski definition) is 2. The molecule has 2 N–H and O–H groups in total. The quantitative estimate of drug-likeness (QED) is 0.653. The van der Waals surface area contributed by atoms with Crippen molar-refractivity contribution in [2.24, 2.45) is 10.9 Å². The minimum Gasteiger partial charge on any atom is -0.508 e. The Balaban J connectivity index is 2.00. The van der Waals surface area contributed by atoms with Gasteiger partial charge >= 0.3 is 0 Å². The smallest absolute Gasteiger partial charge is 0.193 e. The van der Waals surface area contributed by atoms with E-state index < -0.39 is 0 Å². The largest absolute Gasteiger partial charge is 0.508 e. The van der Waals surface area contributed by atoms with E-state index in [2.05, 4.69) is 29.1 Å². The minimum absolute atomic E-state index is 0.267. The molecule has 128 valence electrons. The van der Waals surface area contributed by atoms with Crippen LogP contribution in [-0.4, -0.2) is 54.2 Å². The van der Waals surface area contributed by atoms with E-state index in [4.69, 9.17) is 4.74 Å². The monoisotopic (exact) mass is 337 g/mol. The highest BCUT2D eigenvalue weighted by Gasteiger charge is 2.24. The average molecular weight is 337 g/mol. The Hall–Kier alpha value is -1.56. The fourth-order valence-corrected chi connectivity index (χ4v) is 3.91. The van der Waals surface area contributed by atoms with Crippen molar-refractivity contribution in [3.8, 4) is 11.5 Å². The second-order valence-corrected chi connectivity index (χ2v) is 7.34. The van der Waals surface area contributed by atoms with Gasteiger partial charge in [0.2, 0.25) is 0 Å². The van der Waals surface area contributed by atoms with E-state index in [0.717, 1.165) is 36.1 Å². The number of guanidine groups is 1. The predicted octanol–water partition coefficient (Wildman–Crippen LogP) is 2.55. The van der Waals surface area contributed by atoms with Crippen molar-refractivity contribution < 1.29 is 9.84 Å². The number of phenols is 1. The maximum atomic E-state index is 9.99. The molecule has 0 bridgehead atoms. The first-order valence-electron chi connectivity index (χ1n) is 7.98. The first-order chi connectivity index (χ1) is 11.0. The van der Waals surface area contributed by atoms with Crippen molar-refractivity contribution in [3.63, 3.8) is 0 Å². The van der Waals surface area contributed by atoms with Crippen LogP contribution in [0.25, 0.3) is 0 Å². The van der Waals surface area contributed by atoms with Crippen molar-refractivity contribution in [2.75, 3.05) is 33.0 Å². The molecule has 2 rings (SSSR count). The maximum Gasteiger partial charge on any atom is 0.193 e. The van der Waals surface area contributed by atoms with Crippen LogP contribution < -0.4 is 10.1 Å². The molecule has 5 nitrogen and oxygen atoms in total. The first kappa shape index (κ1) is 17.8. The normalized spacial score (nSPS) is 19.1. The number of benzene rings is 1. The summed E-state index contributed by atoms with van der Waals surface area (Å²) in [5.41, 5.74) is 0.803. The lowest BCUT2D eigenvalue weighted by atomic mass is 10.1. The lowest BCUT2D eigenvalue weighted by molar-refractivity contribution is 0.380. The number of rotatable bonds is 4. The molecule has 0 radical (unpaired) electrons. The number of nitrogens with zero attached hydrogens (tertiary/aromatic N) is 2. The van der Waals surface area contributed by atoms with Gasteiger partial charge in [0, 0.05) is 43.2 Å². The third kappa shape index (κ3) is 4.70. The van der Waals surface area contributed by atoms with Gasteiger partial charge < -0.3 is 20.1 Å². The van der Waals surface area contributed by atoms with Gasteiger partial charge in [-0.3, -0.25) is 4.99 Å². The zero-order valence-electron chi connectivity index (χ0n) is 14.4. The highest BCUT2D eigenvalue weighted by molar-refractivity contribution is 8.00. The second kappa shape index (κ2) is 8.34. The van der Waals surface area contributed by atoms with Gasteiger partial charge in [-0.25, -0.2) is 0 Å². The zero-order valence-corrected chi connectivity index (χ0v) is 15.2. The summed E-state index contributed by atoms with van der Waals surface area (Å²) in [5, 5.41) is 14.0. The molecule has 1 saturated heterocycles. The lowest BCUT2D eigenvalue weighted by Gasteiger charge is -2.36. The van der Waals surface area contributed by atoms with Crippen molar-refractivity contribution in [1.29, 1.82) is 0 Å². The number of aromatic hydroxyl groups is 1. The van der Waals surface area contributed by atoms with E-state index >= 15 is 0 Å². The van der Waals surface area contributed by atoms with Gasteiger partial charge in [-0.05, 0) is 24.1 Å². The van der Waals surface area contributed by atoms with Gasteiger partial charge in [-0.2, -0.15) is 11.8 Å². The zero-order chi connectivity index (χ0) is 16.8. The Bertz CT molecular complexity index is 549. The maximum absolute atomic E-state index is 9.99. The molecule has 0 saturated carbocycles. The van der Waals surface area contributed by atoms with Crippen LogP contribution in [0.5, 0.6) is 11.5 Å². The number of methoxy groups -OCH3 is 1. The van der Waals surface area contributed by atoms with Gasteiger partial charge in [0.05, 0.1) is 7.11 Å². The Morgan fingerprint density at radius 1 is 1.52 bits per heavy atom. The number of phenolic OH excluding ortho intramolecular Hbond substituents is 1. The Kier molecular flexibility index (Phi) is 6.45. The fraction of sp³-hybridized carbons (Fsp3) is 0.588. The predicted molar refractivity (Wildman–Crippen MR) is 97.5 cm³/mol. The van der Waals surface area contributed by atoms with E-state index in [1.54, 1.807) is 26.3 Å². The first-order valence-corrected chi connectivity index (χ1v) is 9.03. The number of hydrogen-bond acceptors (Lipinski definition) is 4. The molecule has 1 atom stereocenters. The van der Waals surface area contributed by atoms with Crippen LogP contribution in [0.15, 0.2) is 23.2 Å². The van der Waals surface area contributed by atoms with E-state index in [-0.39, 0.29) is 5.75 Å². The molecule has 0 spiro atoms. The van der Waals surface area contributed by atoms with Crippen LogP contribution in [0.3, 0.4) is 0 Å². The molecule has 1 fully saturated rings. The molecule has 6 heteroatoms. The summed E-state index contributed by atoms with van der Waals surface area (Å²) in [7, 11) is 3.43. The van der Waals surface area contributed by atoms with E-state index in [1.807, 2.05) is 17.8 Å². The number of ether oxygens (including phenoxy) is 1. The van der Waals surface area contributed by atoms with Gasteiger partial charge in [0.15, 0.2) is 5.96 Å². The summed E-state index contributed by atoms with van der Waals surface area (Å²) in [6.45, 7) is 7.06. The molecule has 1 aromatic carbocycles. The van der Waals surface area contributed by atoms with E-state index in [9.17, 15) is 5.11 Å². The SMILES string of the molecule is CN=C(NCc1cc(OC)ccc1O)N1CCSC(C(C)C)C1. The Morgan fingerprint density at radius 2 is 2.30 bits per heavy atom. The summed E-state index contributed by atoms with van der Waals surface area (Å²) < 4.78 is 5.22. The van der Waals surface area contributed by atoms with Crippen LogP contribution in [0.4, 0.5) is 0 Å². The molecule has 0 aromatic heterocycles. The minimum atomic E-state index is 0.267. The van der Waals surface area contributed by atoms with Crippen molar-refractivity contribution in [3.05, 3.63) is 23.8 Å². The van der Waals surface area contributed by atoms with Crippen molar-refractivity contribution in [1.82, 2.24) is 10.2 Å². The molecular weight excluding hydrogens is 310 g/mol. The number of thioether (sulfide) groups is 1. The second-order valence-electron chi connectivity index (χ2n) is 5.99. The fourth-order valence-electron chi connectivity index (χ4n) is 2.61. The molecule has 0 amide bonds. The lowest BCUT2D eigenvalue weighted by Crippen LogP contribution is -2.48. The standard InChI is InChI=1S/C17H27N3O2S/c1-12(2)16-11-20(7-8-23-16)17(18-3)19-10-13-9-14(22-4)5-6-15(13)21/h5-6,9,12,16,21H,7-8,10-11H2,1-4H3,(H,18,19). The summed E-state index contributed by atoms with van der Waals surface area (Å²) in [4.78, 5) is 6.71. The number of nitrogens with one attached hydrogen (secondary N) is 1. The van der Waals surface area contributed by atoms with Crippen LogP contribution in [0, 0.1) is 5.92 Å². The van der Waals surface area contributed by atoms with Crippen molar-refractivity contribution >= 4 is 17.7 Å². The third-order valence-electron chi connectivity index (χ3n) is 4.07. The average Bonchev–Trinajstić information content (AvgIpc) is 2.57. The Labute approximate surface area is 143 Å². The van der Waals surface area contributed by atoms with Crippen LogP contribution in [0.2, 0.25) is 0 Å². The van der Waals surface area contributed by atoms with Crippen molar-refractivity contribution in [2.45, 2.75) is 25.6 Å². The molecule has 1 aromatic rings. The molecule has 1 heterocycles. The third-order valence-corrected chi connectivity index (χ3v) is 5.61. The molecular formula is C17H27N3O2S. The molecule has 1 aliphatic rings. The highest BCUT2D eigenvalue weighted by atomic mass is 32.2. The number of aliphatic imine (C=N–C) groups is 1. The van der Waals surface area contributed by atoms with Crippen LogP contribution >= 0.6 is 11.8 Å². The summed E-state index contributed by atoms with van der Waals surface area (Å²) in [5.74, 6) is 3.67. The Morgan fingerprint density at radius 3 is 2.96 bits per heavy atom. The van der Waals surface area contributed by atoms with E-state index in [0.29, 0.717) is 17.7 Å². The van der Waals surface area contributed by atoms with Gasteiger partial charge in [-0.15, -0.1) is 0 Å². The molecule has 1 aliphatic heterocycles. The van der Waals surface area contributed by atoms with Gasteiger partial charge in [-0.1, -0.05) is 13.8 Å². The topological polar surface area (TPSA) is 57.1 Å². The van der Waals surface area contributed by atoms with Crippen LogP contribution in [0.1, 0.15) is 19.4 Å². The molecule has 23 heavy (non-hydrogen) atoms. The van der Waals surface area contributed by atoms with E-state index in [1.165, 1.54) is 0 Å². The van der Waals surface area contributed by atoms with Gasteiger partial charge in [0.25, 0.3) is 0 Å².